The predicted molar refractivity (Wildman–Crippen MR) is 81.9 cm³/mol. The van der Waals surface area contributed by atoms with E-state index in [2.05, 4.69) is 10.3 Å². The Labute approximate surface area is 123 Å². The summed E-state index contributed by atoms with van der Waals surface area (Å²) in [6.07, 6.45) is 4.31. The van der Waals surface area contributed by atoms with Crippen molar-refractivity contribution in [1.29, 1.82) is 0 Å². The Balaban J connectivity index is 1.64. The molecule has 0 atom stereocenters. The average Bonchev–Trinajstić information content (AvgIpc) is 2.91. The van der Waals surface area contributed by atoms with Gasteiger partial charge in [0.2, 0.25) is 5.91 Å². The van der Waals surface area contributed by atoms with Gasteiger partial charge in [-0.2, -0.15) is 0 Å². The van der Waals surface area contributed by atoms with Crippen LogP contribution < -0.4 is 5.32 Å². The number of carbonyl (C=O) groups excluding carboxylic acids is 1. The molecule has 106 valence electrons. The largest absolute Gasteiger partial charge is 0.350 e. The maximum Gasteiger partial charge on any atom is 0.224 e. The van der Waals surface area contributed by atoms with Gasteiger partial charge in [0.1, 0.15) is 5.65 Å². The first kappa shape index (κ1) is 13.4. The number of nitrogens with one attached hydrogen (secondary N) is 1. The molecule has 1 aromatic carbocycles. The number of carbonyl (C=O) groups is 1. The number of amides is 1. The summed E-state index contributed by atoms with van der Waals surface area (Å²) in [7, 11) is 0. The smallest absolute Gasteiger partial charge is 0.224 e. The van der Waals surface area contributed by atoms with Crippen LogP contribution in [-0.4, -0.2) is 15.3 Å². The molecule has 0 bridgehead atoms. The van der Waals surface area contributed by atoms with Gasteiger partial charge in [-0.1, -0.05) is 36.4 Å². The number of nitrogens with zero attached hydrogens (tertiary/aromatic N) is 2. The molecule has 4 nitrogen and oxygen atoms in total. The van der Waals surface area contributed by atoms with Gasteiger partial charge in [0.25, 0.3) is 0 Å². The highest BCUT2D eigenvalue weighted by molar-refractivity contribution is 5.78. The Morgan fingerprint density at radius 3 is 2.76 bits per heavy atom. The number of benzene rings is 1. The van der Waals surface area contributed by atoms with Crippen LogP contribution in [0.15, 0.2) is 54.9 Å². The Hall–Kier alpha value is -2.62. The lowest BCUT2D eigenvalue weighted by molar-refractivity contribution is -0.120. The summed E-state index contributed by atoms with van der Waals surface area (Å²) in [6.45, 7) is 2.48. The highest BCUT2D eigenvalue weighted by Gasteiger charge is 2.06. The van der Waals surface area contributed by atoms with Crippen LogP contribution >= 0.6 is 0 Å². The second-order valence-corrected chi connectivity index (χ2v) is 5.09. The fraction of sp³-hybridized carbons (Fsp3) is 0.176. The monoisotopic (exact) mass is 279 g/mol. The Bertz CT molecular complexity index is 762. The van der Waals surface area contributed by atoms with E-state index in [0.717, 1.165) is 22.5 Å². The molecule has 0 aliphatic rings. The Kier molecular flexibility index (Phi) is 3.69. The van der Waals surface area contributed by atoms with Crippen molar-refractivity contribution in [2.45, 2.75) is 19.9 Å². The molecular formula is C17H17N3O. The second-order valence-electron chi connectivity index (χ2n) is 5.09. The standard InChI is InChI=1S/C17H17N3O/c1-13-6-5-9-20-12-15(19-17(13)20)11-18-16(21)10-14-7-3-2-4-8-14/h2-9,12H,10-11H2,1H3,(H,18,21). The van der Waals surface area contributed by atoms with Crippen molar-refractivity contribution in [3.05, 3.63) is 71.7 Å². The molecule has 21 heavy (non-hydrogen) atoms. The maximum absolute atomic E-state index is 11.9. The van der Waals surface area contributed by atoms with Crippen molar-refractivity contribution in [3.63, 3.8) is 0 Å². The minimum atomic E-state index is 0.00924. The summed E-state index contributed by atoms with van der Waals surface area (Å²) >= 11 is 0. The molecule has 4 heteroatoms. The van der Waals surface area contributed by atoms with Crippen molar-refractivity contribution in [1.82, 2.24) is 14.7 Å². The first-order valence-corrected chi connectivity index (χ1v) is 6.96. The zero-order valence-corrected chi connectivity index (χ0v) is 11.9. The van der Waals surface area contributed by atoms with Crippen molar-refractivity contribution in [2.75, 3.05) is 0 Å². The third-order valence-electron chi connectivity index (χ3n) is 3.40. The summed E-state index contributed by atoms with van der Waals surface area (Å²) in [4.78, 5) is 16.5. The van der Waals surface area contributed by atoms with Crippen LogP contribution in [0.25, 0.3) is 5.65 Å². The molecule has 0 aliphatic heterocycles. The summed E-state index contributed by atoms with van der Waals surface area (Å²) in [5.41, 5.74) is 3.94. The van der Waals surface area contributed by atoms with E-state index >= 15 is 0 Å². The SMILES string of the molecule is Cc1cccn2cc(CNC(=O)Cc3ccccc3)nc12. The van der Waals surface area contributed by atoms with E-state index in [0.29, 0.717) is 13.0 Å². The van der Waals surface area contributed by atoms with Crippen LogP contribution in [0.5, 0.6) is 0 Å². The third-order valence-corrected chi connectivity index (χ3v) is 3.40. The van der Waals surface area contributed by atoms with Gasteiger partial charge in [0, 0.05) is 12.4 Å². The zero-order chi connectivity index (χ0) is 14.7. The van der Waals surface area contributed by atoms with Crippen LogP contribution in [-0.2, 0) is 17.8 Å². The number of fused-ring (bicyclic) bond motifs is 1. The van der Waals surface area contributed by atoms with Gasteiger partial charge in [0.15, 0.2) is 0 Å². The normalized spacial score (nSPS) is 10.7. The lowest BCUT2D eigenvalue weighted by atomic mass is 10.1. The molecule has 1 amide bonds. The van der Waals surface area contributed by atoms with Crippen molar-refractivity contribution >= 4 is 11.6 Å². The minimum absolute atomic E-state index is 0.00924. The Morgan fingerprint density at radius 1 is 1.19 bits per heavy atom. The number of rotatable bonds is 4. The first-order chi connectivity index (χ1) is 10.2. The molecule has 0 spiro atoms. The van der Waals surface area contributed by atoms with Gasteiger partial charge in [-0.05, 0) is 24.1 Å². The molecule has 0 fully saturated rings. The van der Waals surface area contributed by atoms with Gasteiger partial charge >= 0.3 is 0 Å². The summed E-state index contributed by atoms with van der Waals surface area (Å²) in [6, 6.07) is 13.7. The lowest BCUT2D eigenvalue weighted by Crippen LogP contribution is -2.24. The minimum Gasteiger partial charge on any atom is -0.350 e. The Morgan fingerprint density at radius 2 is 2.00 bits per heavy atom. The molecule has 0 saturated heterocycles. The first-order valence-electron chi connectivity index (χ1n) is 6.96. The number of aromatic nitrogens is 2. The number of imidazole rings is 1. The maximum atomic E-state index is 11.9. The molecular weight excluding hydrogens is 262 g/mol. The number of aryl methyl sites for hydroxylation is 1. The number of hydrogen-bond acceptors (Lipinski definition) is 2. The molecule has 3 rings (SSSR count). The van der Waals surface area contributed by atoms with E-state index in [1.165, 1.54) is 0 Å². The summed E-state index contributed by atoms with van der Waals surface area (Å²) in [5, 5.41) is 2.91. The van der Waals surface area contributed by atoms with E-state index < -0.39 is 0 Å². The van der Waals surface area contributed by atoms with Gasteiger partial charge in [0.05, 0.1) is 18.7 Å². The molecule has 0 saturated carbocycles. The molecule has 0 radical (unpaired) electrons. The topological polar surface area (TPSA) is 46.4 Å². The number of pyridine rings is 1. The van der Waals surface area contributed by atoms with E-state index in [-0.39, 0.29) is 5.91 Å². The molecule has 2 aromatic heterocycles. The zero-order valence-electron chi connectivity index (χ0n) is 11.9. The van der Waals surface area contributed by atoms with Crippen molar-refractivity contribution in [3.8, 4) is 0 Å². The lowest BCUT2D eigenvalue weighted by Gasteiger charge is -2.03. The predicted octanol–water partition coefficient (Wildman–Crippen LogP) is 2.50. The van der Waals surface area contributed by atoms with Crippen molar-refractivity contribution in [2.24, 2.45) is 0 Å². The molecule has 2 heterocycles. The van der Waals surface area contributed by atoms with E-state index in [9.17, 15) is 4.79 Å². The quantitative estimate of drug-likeness (QED) is 0.797. The van der Waals surface area contributed by atoms with Crippen molar-refractivity contribution < 1.29 is 4.79 Å². The summed E-state index contributed by atoms with van der Waals surface area (Å²) in [5.74, 6) is 0.00924. The van der Waals surface area contributed by atoms with Crippen LogP contribution in [0, 0.1) is 6.92 Å². The second kappa shape index (κ2) is 5.79. The third kappa shape index (κ3) is 3.11. The molecule has 3 aromatic rings. The highest BCUT2D eigenvalue weighted by atomic mass is 16.1. The molecule has 0 unspecified atom stereocenters. The fourth-order valence-corrected chi connectivity index (χ4v) is 2.32. The van der Waals surface area contributed by atoms with Crippen LogP contribution in [0.4, 0.5) is 0 Å². The van der Waals surface area contributed by atoms with Crippen LogP contribution in [0.1, 0.15) is 16.8 Å². The number of hydrogen-bond donors (Lipinski definition) is 1. The fourth-order valence-electron chi connectivity index (χ4n) is 2.32. The van der Waals surface area contributed by atoms with E-state index in [1.807, 2.05) is 66.2 Å². The average molecular weight is 279 g/mol. The van der Waals surface area contributed by atoms with Gasteiger partial charge < -0.3 is 9.72 Å². The van der Waals surface area contributed by atoms with E-state index in [1.54, 1.807) is 0 Å². The van der Waals surface area contributed by atoms with Crippen LogP contribution in [0.3, 0.4) is 0 Å². The van der Waals surface area contributed by atoms with Gasteiger partial charge in [-0.15, -0.1) is 0 Å². The molecule has 0 aliphatic carbocycles. The summed E-state index contributed by atoms with van der Waals surface area (Å²) < 4.78 is 1.98. The van der Waals surface area contributed by atoms with Crippen LogP contribution in [0.2, 0.25) is 0 Å². The van der Waals surface area contributed by atoms with Gasteiger partial charge in [-0.25, -0.2) is 4.98 Å². The molecule has 1 N–H and O–H groups in total. The van der Waals surface area contributed by atoms with Gasteiger partial charge in [-0.3, -0.25) is 4.79 Å². The highest BCUT2D eigenvalue weighted by Crippen LogP contribution is 2.09. The van der Waals surface area contributed by atoms with E-state index in [4.69, 9.17) is 0 Å².